The SMILES string of the molecule is CC1=C(c2ccc3ncccc3c2)C(=O)n2nc(-c3ccc(Cl)cc3)c(-c3ccccc3)c2C1. The van der Waals surface area contributed by atoms with Crippen LogP contribution in [0.4, 0.5) is 0 Å². The largest absolute Gasteiger partial charge is 0.279 e. The van der Waals surface area contributed by atoms with Crippen molar-refractivity contribution in [3.05, 3.63) is 113 Å². The summed E-state index contributed by atoms with van der Waals surface area (Å²) in [5.74, 6) is -0.112. The minimum atomic E-state index is -0.112. The average molecular weight is 462 g/mol. The molecule has 0 N–H and O–H groups in total. The maximum absolute atomic E-state index is 13.9. The number of carbonyl (C=O) groups is 1. The lowest BCUT2D eigenvalue weighted by Crippen LogP contribution is -2.23. The number of aromatic nitrogens is 3. The summed E-state index contributed by atoms with van der Waals surface area (Å²) in [5.41, 5.74) is 8.15. The van der Waals surface area contributed by atoms with E-state index in [0.29, 0.717) is 17.0 Å². The van der Waals surface area contributed by atoms with Crippen LogP contribution >= 0.6 is 11.6 Å². The Balaban J connectivity index is 1.54. The number of carbonyl (C=O) groups excluding carboxylic acids is 1. The first kappa shape index (κ1) is 20.6. The minimum Gasteiger partial charge on any atom is -0.267 e. The van der Waals surface area contributed by atoms with Crippen LogP contribution in [0.2, 0.25) is 5.02 Å². The summed E-state index contributed by atoms with van der Waals surface area (Å²) < 4.78 is 1.59. The van der Waals surface area contributed by atoms with Gasteiger partial charge in [-0.15, -0.1) is 0 Å². The monoisotopic (exact) mass is 461 g/mol. The third kappa shape index (κ3) is 3.35. The van der Waals surface area contributed by atoms with E-state index in [2.05, 4.69) is 17.1 Å². The first-order chi connectivity index (χ1) is 16.6. The van der Waals surface area contributed by atoms with Crippen LogP contribution in [0.3, 0.4) is 0 Å². The van der Waals surface area contributed by atoms with Gasteiger partial charge in [-0.1, -0.05) is 71.8 Å². The predicted octanol–water partition coefficient (Wildman–Crippen LogP) is 7.09. The molecule has 164 valence electrons. The molecule has 5 aromatic rings. The molecule has 3 aromatic carbocycles. The van der Waals surface area contributed by atoms with Crippen LogP contribution in [0.1, 0.15) is 23.0 Å². The van der Waals surface area contributed by atoms with E-state index in [9.17, 15) is 4.79 Å². The lowest BCUT2D eigenvalue weighted by Gasteiger charge is -2.20. The van der Waals surface area contributed by atoms with Crippen molar-refractivity contribution < 1.29 is 4.79 Å². The van der Waals surface area contributed by atoms with Crippen molar-refractivity contribution in [2.24, 2.45) is 0 Å². The Morgan fingerprint density at radius 2 is 1.62 bits per heavy atom. The van der Waals surface area contributed by atoms with Crippen molar-refractivity contribution in [2.45, 2.75) is 13.3 Å². The molecule has 0 aliphatic carbocycles. The van der Waals surface area contributed by atoms with E-state index in [4.69, 9.17) is 16.7 Å². The molecule has 0 spiro atoms. The van der Waals surface area contributed by atoms with Crippen LogP contribution in [-0.4, -0.2) is 20.7 Å². The first-order valence-corrected chi connectivity index (χ1v) is 11.5. The summed E-state index contributed by atoms with van der Waals surface area (Å²) in [6.45, 7) is 2.04. The molecule has 3 heterocycles. The smallest absolute Gasteiger partial charge is 0.267 e. The van der Waals surface area contributed by atoms with Gasteiger partial charge in [-0.2, -0.15) is 9.78 Å². The zero-order valence-electron chi connectivity index (χ0n) is 18.5. The van der Waals surface area contributed by atoms with Crippen molar-refractivity contribution in [3.63, 3.8) is 0 Å². The van der Waals surface area contributed by atoms with E-state index in [1.165, 1.54) is 0 Å². The molecule has 0 atom stereocenters. The fraction of sp³-hybridized carbons (Fsp3) is 0.0690. The summed E-state index contributed by atoms with van der Waals surface area (Å²) in [6.07, 6.45) is 2.41. The number of pyridine rings is 1. The van der Waals surface area contributed by atoms with Crippen LogP contribution < -0.4 is 0 Å². The molecule has 0 amide bonds. The molecule has 0 radical (unpaired) electrons. The Bertz CT molecular complexity index is 1600. The van der Waals surface area contributed by atoms with Crippen molar-refractivity contribution in [2.75, 3.05) is 0 Å². The molecule has 0 saturated carbocycles. The molecular formula is C29H20ClN3O. The van der Waals surface area contributed by atoms with E-state index in [0.717, 1.165) is 50.1 Å². The normalized spacial score (nSPS) is 13.4. The maximum atomic E-state index is 13.9. The number of hydrogen-bond acceptors (Lipinski definition) is 3. The third-order valence-electron chi connectivity index (χ3n) is 6.32. The Kier molecular flexibility index (Phi) is 4.89. The van der Waals surface area contributed by atoms with Gasteiger partial charge in [-0.3, -0.25) is 9.78 Å². The summed E-state index contributed by atoms with van der Waals surface area (Å²) in [6, 6.07) is 27.6. The molecule has 2 aromatic heterocycles. The number of rotatable bonds is 3. The molecule has 0 saturated heterocycles. The predicted molar refractivity (Wildman–Crippen MR) is 137 cm³/mol. The molecule has 1 aliphatic rings. The van der Waals surface area contributed by atoms with Gasteiger partial charge in [0.25, 0.3) is 5.91 Å². The summed E-state index contributed by atoms with van der Waals surface area (Å²) in [5, 5.41) is 6.53. The number of nitrogens with zero attached hydrogens (tertiary/aromatic N) is 3. The fourth-order valence-corrected chi connectivity index (χ4v) is 4.86. The van der Waals surface area contributed by atoms with E-state index in [1.54, 1.807) is 10.9 Å². The van der Waals surface area contributed by atoms with Crippen LogP contribution in [-0.2, 0) is 6.42 Å². The number of benzene rings is 3. The van der Waals surface area contributed by atoms with Gasteiger partial charge in [-0.25, -0.2) is 0 Å². The second-order valence-corrected chi connectivity index (χ2v) is 8.94. The Morgan fingerprint density at radius 3 is 2.41 bits per heavy atom. The van der Waals surface area contributed by atoms with Crippen molar-refractivity contribution in [1.82, 2.24) is 14.8 Å². The van der Waals surface area contributed by atoms with Gasteiger partial charge in [0, 0.05) is 39.7 Å². The summed E-state index contributed by atoms with van der Waals surface area (Å²) in [7, 11) is 0. The number of hydrogen-bond donors (Lipinski definition) is 0. The fourth-order valence-electron chi connectivity index (χ4n) is 4.73. The lowest BCUT2D eigenvalue weighted by atomic mass is 9.90. The van der Waals surface area contributed by atoms with Crippen LogP contribution in [0, 0.1) is 0 Å². The zero-order chi connectivity index (χ0) is 23.2. The third-order valence-corrected chi connectivity index (χ3v) is 6.57. The number of fused-ring (bicyclic) bond motifs is 2. The average Bonchev–Trinajstić information content (AvgIpc) is 3.24. The maximum Gasteiger partial charge on any atom is 0.279 e. The second kappa shape index (κ2) is 8.08. The first-order valence-electron chi connectivity index (χ1n) is 11.1. The zero-order valence-corrected chi connectivity index (χ0v) is 19.3. The van der Waals surface area contributed by atoms with E-state index < -0.39 is 0 Å². The molecule has 1 aliphatic heterocycles. The standard InChI is InChI=1S/C29H20ClN3O/c1-18-16-25-27(19-6-3-2-4-7-19)28(20-9-12-23(30)13-10-20)32-33(25)29(34)26(18)22-11-14-24-21(17-22)8-5-15-31-24/h2-15,17H,16H2,1H3. The lowest BCUT2D eigenvalue weighted by molar-refractivity contribution is 0.0958. The van der Waals surface area contributed by atoms with Gasteiger partial charge in [0.1, 0.15) is 5.69 Å². The highest BCUT2D eigenvalue weighted by atomic mass is 35.5. The molecule has 5 heteroatoms. The highest BCUT2D eigenvalue weighted by Crippen LogP contribution is 2.40. The molecule has 6 rings (SSSR count). The van der Waals surface area contributed by atoms with Gasteiger partial charge in [0.15, 0.2) is 0 Å². The highest BCUT2D eigenvalue weighted by molar-refractivity contribution is 6.30. The molecular weight excluding hydrogens is 442 g/mol. The van der Waals surface area contributed by atoms with E-state index in [1.807, 2.05) is 79.7 Å². The van der Waals surface area contributed by atoms with Gasteiger partial charge in [-0.05, 0) is 48.4 Å². The summed E-state index contributed by atoms with van der Waals surface area (Å²) in [4.78, 5) is 18.3. The van der Waals surface area contributed by atoms with Crippen LogP contribution in [0.5, 0.6) is 0 Å². The quantitative estimate of drug-likeness (QED) is 0.288. The summed E-state index contributed by atoms with van der Waals surface area (Å²) >= 11 is 6.14. The second-order valence-electron chi connectivity index (χ2n) is 8.50. The van der Waals surface area contributed by atoms with Crippen molar-refractivity contribution >= 4 is 34.0 Å². The van der Waals surface area contributed by atoms with Gasteiger partial charge in [0.2, 0.25) is 0 Å². The topological polar surface area (TPSA) is 47.8 Å². The minimum absolute atomic E-state index is 0.112. The molecule has 34 heavy (non-hydrogen) atoms. The van der Waals surface area contributed by atoms with Crippen molar-refractivity contribution in [1.29, 1.82) is 0 Å². The highest BCUT2D eigenvalue weighted by Gasteiger charge is 2.31. The van der Waals surface area contributed by atoms with Crippen LogP contribution in [0.25, 0.3) is 38.9 Å². The Labute approximate surface area is 202 Å². The molecule has 0 bridgehead atoms. The van der Waals surface area contributed by atoms with E-state index >= 15 is 0 Å². The Hall–Kier alpha value is -4.02. The van der Waals surface area contributed by atoms with Crippen molar-refractivity contribution in [3.8, 4) is 22.4 Å². The Morgan fingerprint density at radius 1 is 0.853 bits per heavy atom. The molecule has 0 fully saturated rings. The van der Waals surface area contributed by atoms with Gasteiger partial charge in [0.05, 0.1) is 11.2 Å². The van der Waals surface area contributed by atoms with E-state index in [-0.39, 0.29) is 5.91 Å². The van der Waals surface area contributed by atoms with Gasteiger partial charge < -0.3 is 0 Å². The number of halogens is 1. The van der Waals surface area contributed by atoms with Gasteiger partial charge >= 0.3 is 0 Å². The number of allylic oxidation sites excluding steroid dienone is 2. The molecule has 0 unspecified atom stereocenters. The molecule has 4 nitrogen and oxygen atoms in total. The van der Waals surface area contributed by atoms with Crippen LogP contribution in [0.15, 0.2) is 96.7 Å².